The van der Waals surface area contributed by atoms with E-state index in [-0.39, 0.29) is 5.91 Å². The highest BCUT2D eigenvalue weighted by atomic mass is 79.9. The highest BCUT2D eigenvalue weighted by molar-refractivity contribution is 9.10. The van der Waals surface area contributed by atoms with Crippen molar-refractivity contribution in [1.29, 1.82) is 0 Å². The molecule has 5 heteroatoms. The van der Waals surface area contributed by atoms with Gasteiger partial charge in [-0.1, -0.05) is 28.1 Å². The Kier molecular flexibility index (Phi) is 5.18. The maximum Gasteiger partial charge on any atom is 0.251 e. The molecular weight excluding hydrogens is 320 g/mol. The van der Waals surface area contributed by atoms with Gasteiger partial charge in [0.25, 0.3) is 5.91 Å². The van der Waals surface area contributed by atoms with Crippen LogP contribution < -0.4 is 0 Å². The topological polar surface area (TPSA) is 43.8 Å². The molecule has 1 atom stereocenters. The molecule has 0 spiro atoms. The number of aryl methyl sites for hydroxylation is 1. The van der Waals surface area contributed by atoms with Crippen LogP contribution in [0, 0.1) is 6.92 Å². The average molecular weight is 341 g/mol. The van der Waals surface area contributed by atoms with Crippen LogP contribution >= 0.6 is 15.9 Å². The van der Waals surface area contributed by atoms with Crippen LogP contribution in [-0.4, -0.2) is 53.1 Å². The molecule has 0 aromatic heterocycles. The molecule has 0 radical (unpaired) electrons. The number of aliphatic hydroxyl groups excluding tert-OH is 1. The summed E-state index contributed by atoms with van der Waals surface area (Å²) in [5.74, 6) is -0.166. The summed E-state index contributed by atoms with van der Waals surface area (Å²) in [7, 11) is 0. The Morgan fingerprint density at radius 3 is 2.55 bits per heavy atom. The molecule has 4 nitrogen and oxygen atoms in total. The van der Waals surface area contributed by atoms with E-state index in [0.29, 0.717) is 13.1 Å². The number of halogens is 1. The zero-order valence-electron chi connectivity index (χ0n) is 12.0. The number of carbonyl (C=O) groups excluding carboxylic acids is 1. The molecular formula is C15H21BrN2O2. The minimum atomic E-state index is -0.896. The lowest BCUT2D eigenvalue weighted by Crippen LogP contribution is -2.50. The second-order valence-corrected chi connectivity index (χ2v) is 6.23. The van der Waals surface area contributed by atoms with Crippen molar-refractivity contribution >= 4 is 21.8 Å². The molecule has 1 aromatic rings. The lowest BCUT2D eigenvalue weighted by atomic mass is 10.1. The Morgan fingerprint density at radius 1 is 1.35 bits per heavy atom. The summed E-state index contributed by atoms with van der Waals surface area (Å²) in [6.45, 7) is 7.56. The fraction of sp³-hybridized carbons (Fsp3) is 0.533. The van der Waals surface area contributed by atoms with Crippen molar-refractivity contribution < 1.29 is 9.90 Å². The highest BCUT2D eigenvalue weighted by Gasteiger charge is 2.23. The van der Waals surface area contributed by atoms with Crippen molar-refractivity contribution in [1.82, 2.24) is 9.80 Å². The van der Waals surface area contributed by atoms with Gasteiger partial charge in [-0.05, 0) is 31.0 Å². The van der Waals surface area contributed by atoms with Gasteiger partial charge in [-0.2, -0.15) is 0 Å². The van der Waals surface area contributed by atoms with Crippen LogP contribution in [-0.2, 0) is 11.3 Å². The van der Waals surface area contributed by atoms with E-state index in [1.165, 1.54) is 18.1 Å². The number of hydrogen-bond acceptors (Lipinski definition) is 3. The largest absolute Gasteiger partial charge is 0.384 e. The van der Waals surface area contributed by atoms with E-state index in [2.05, 4.69) is 46.0 Å². The van der Waals surface area contributed by atoms with E-state index in [1.807, 2.05) is 0 Å². The zero-order valence-corrected chi connectivity index (χ0v) is 13.6. The quantitative estimate of drug-likeness (QED) is 0.912. The first kappa shape index (κ1) is 15.5. The van der Waals surface area contributed by atoms with Crippen molar-refractivity contribution in [3.05, 3.63) is 33.8 Å². The maximum atomic E-state index is 11.7. The zero-order chi connectivity index (χ0) is 14.7. The van der Waals surface area contributed by atoms with Crippen molar-refractivity contribution in [3.8, 4) is 0 Å². The van der Waals surface area contributed by atoms with Crippen molar-refractivity contribution in [2.45, 2.75) is 26.5 Å². The minimum absolute atomic E-state index is 0.166. The molecule has 1 amide bonds. The van der Waals surface area contributed by atoms with E-state index in [9.17, 15) is 9.90 Å². The van der Waals surface area contributed by atoms with Gasteiger partial charge in [-0.25, -0.2) is 0 Å². The minimum Gasteiger partial charge on any atom is -0.384 e. The number of amides is 1. The van der Waals surface area contributed by atoms with Crippen LogP contribution in [0.1, 0.15) is 18.1 Å². The SMILES string of the molecule is Cc1ccc(CN2CCN(C(=O)C(C)O)CC2)c(Br)c1. The van der Waals surface area contributed by atoms with Gasteiger partial charge in [-0.15, -0.1) is 0 Å². The van der Waals surface area contributed by atoms with Gasteiger partial charge in [0.05, 0.1) is 0 Å². The molecule has 0 saturated carbocycles. The average Bonchev–Trinajstić information content (AvgIpc) is 2.42. The van der Waals surface area contributed by atoms with Gasteiger partial charge in [0.15, 0.2) is 0 Å². The Hall–Kier alpha value is -0.910. The van der Waals surface area contributed by atoms with Crippen LogP contribution in [0.15, 0.2) is 22.7 Å². The first-order valence-electron chi connectivity index (χ1n) is 6.91. The number of carbonyl (C=O) groups is 1. The predicted octanol–water partition coefficient (Wildman–Crippen LogP) is 1.78. The van der Waals surface area contributed by atoms with E-state index < -0.39 is 6.10 Å². The molecule has 1 heterocycles. The number of nitrogens with zero attached hydrogens (tertiary/aromatic N) is 2. The van der Waals surface area contributed by atoms with Crippen LogP contribution in [0.4, 0.5) is 0 Å². The monoisotopic (exact) mass is 340 g/mol. The molecule has 0 bridgehead atoms. The van der Waals surface area contributed by atoms with E-state index in [4.69, 9.17) is 0 Å². The second kappa shape index (κ2) is 6.70. The van der Waals surface area contributed by atoms with Crippen LogP contribution in [0.3, 0.4) is 0 Å². The molecule has 1 N–H and O–H groups in total. The first-order chi connectivity index (χ1) is 9.47. The van der Waals surface area contributed by atoms with Crippen LogP contribution in [0.2, 0.25) is 0 Å². The molecule has 0 aliphatic carbocycles. The third-order valence-corrected chi connectivity index (χ3v) is 4.38. The molecule has 1 saturated heterocycles. The van der Waals surface area contributed by atoms with Crippen molar-refractivity contribution in [2.24, 2.45) is 0 Å². The maximum absolute atomic E-state index is 11.7. The normalized spacial score (nSPS) is 18.1. The van der Waals surface area contributed by atoms with E-state index in [0.717, 1.165) is 24.1 Å². The summed E-state index contributed by atoms with van der Waals surface area (Å²) in [4.78, 5) is 15.8. The first-order valence-corrected chi connectivity index (χ1v) is 7.71. The standard InChI is InChI=1S/C15H21BrN2O2/c1-11-3-4-13(14(16)9-11)10-17-5-7-18(8-6-17)15(20)12(2)19/h3-4,9,12,19H,5-8,10H2,1-2H3. The summed E-state index contributed by atoms with van der Waals surface area (Å²) in [5, 5.41) is 9.33. The molecule has 1 unspecified atom stereocenters. The summed E-state index contributed by atoms with van der Waals surface area (Å²) in [6, 6.07) is 6.39. The third kappa shape index (κ3) is 3.81. The van der Waals surface area contributed by atoms with E-state index in [1.54, 1.807) is 4.90 Å². The number of benzene rings is 1. The van der Waals surface area contributed by atoms with Gasteiger partial charge in [0.1, 0.15) is 6.10 Å². The lowest BCUT2D eigenvalue weighted by molar-refractivity contribution is -0.141. The molecule has 2 rings (SSSR count). The molecule has 20 heavy (non-hydrogen) atoms. The van der Waals surface area contributed by atoms with E-state index >= 15 is 0 Å². The molecule has 110 valence electrons. The summed E-state index contributed by atoms with van der Waals surface area (Å²) < 4.78 is 1.14. The molecule has 1 aromatic carbocycles. The van der Waals surface area contributed by atoms with Crippen LogP contribution in [0.5, 0.6) is 0 Å². The number of rotatable bonds is 3. The second-order valence-electron chi connectivity index (χ2n) is 5.37. The van der Waals surface area contributed by atoms with Gasteiger partial charge in [-0.3, -0.25) is 9.69 Å². The van der Waals surface area contributed by atoms with Gasteiger partial charge >= 0.3 is 0 Å². The lowest BCUT2D eigenvalue weighted by Gasteiger charge is -2.35. The number of hydrogen-bond donors (Lipinski definition) is 1. The van der Waals surface area contributed by atoms with Crippen molar-refractivity contribution in [2.75, 3.05) is 26.2 Å². The fourth-order valence-corrected chi connectivity index (χ4v) is 3.03. The number of aliphatic hydroxyl groups is 1. The highest BCUT2D eigenvalue weighted by Crippen LogP contribution is 2.20. The van der Waals surface area contributed by atoms with Gasteiger partial charge < -0.3 is 10.0 Å². The Bertz CT molecular complexity index is 483. The summed E-state index contributed by atoms with van der Waals surface area (Å²) in [6.07, 6.45) is -0.896. The summed E-state index contributed by atoms with van der Waals surface area (Å²) >= 11 is 3.60. The smallest absolute Gasteiger partial charge is 0.251 e. The molecule has 1 aliphatic heterocycles. The Morgan fingerprint density at radius 2 is 2.00 bits per heavy atom. The van der Waals surface area contributed by atoms with Gasteiger partial charge in [0, 0.05) is 37.2 Å². The third-order valence-electron chi connectivity index (χ3n) is 3.64. The Balaban J connectivity index is 1.90. The Labute approximate surface area is 128 Å². The summed E-state index contributed by atoms with van der Waals surface area (Å²) in [5.41, 5.74) is 2.51. The predicted molar refractivity (Wildman–Crippen MR) is 82.4 cm³/mol. The fourth-order valence-electron chi connectivity index (χ4n) is 2.41. The van der Waals surface area contributed by atoms with Crippen LogP contribution in [0.25, 0.3) is 0 Å². The van der Waals surface area contributed by atoms with Crippen molar-refractivity contribution in [3.63, 3.8) is 0 Å². The van der Waals surface area contributed by atoms with Gasteiger partial charge in [0.2, 0.25) is 0 Å². The number of piperazine rings is 1. The molecule has 1 fully saturated rings. The molecule has 1 aliphatic rings.